The molecule has 1 heterocycles. The number of halogens is 3. The van der Waals surface area contributed by atoms with Crippen LogP contribution in [0.15, 0.2) is 60.7 Å². The van der Waals surface area contributed by atoms with Crippen LogP contribution in [0.2, 0.25) is 0 Å². The van der Waals surface area contributed by atoms with Gasteiger partial charge in [0.25, 0.3) is 0 Å². The van der Waals surface area contributed by atoms with Crippen LogP contribution in [0.1, 0.15) is 23.6 Å². The van der Waals surface area contributed by atoms with Crippen molar-refractivity contribution in [1.82, 2.24) is 0 Å². The van der Waals surface area contributed by atoms with E-state index in [0.29, 0.717) is 12.5 Å². The standard InChI is InChI=1S/C23H27F3N2/c1-19(17-21-9-5-11-22(18-21)23(24,25)26)28-15-13-27(14-16-28)12-6-10-20-7-3-2-4-8-20/h2-11,18-19H,12-17H2,1H3/p+2/t19-/m0/s1. The Hall–Kier alpha value is -2.11. The van der Waals surface area contributed by atoms with Crippen LogP contribution in [0.5, 0.6) is 0 Å². The van der Waals surface area contributed by atoms with Crippen molar-refractivity contribution in [2.45, 2.75) is 25.6 Å². The summed E-state index contributed by atoms with van der Waals surface area (Å²) < 4.78 is 38.7. The molecule has 0 unspecified atom stereocenters. The van der Waals surface area contributed by atoms with Gasteiger partial charge in [-0.1, -0.05) is 54.6 Å². The van der Waals surface area contributed by atoms with Gasteiger partial charge < -0.3 is 9.80 Å². The summed E-state index contributed by atoms with van der Waals surface area (Å²) in [5, 5.41) is 0. The van der Waals surface area contributed by atoms with Gasteiger partial charge in [-0.2, -0.15) is 13.2 Å². The minimum absolute atomic E-state index is 0.324. The molecule has 0 bridgehead atoms. The van der Waals surface area contributed by atoms with Gasteiger partial charge in [0.15, 0.2) is 0 Å². The van der Waals surface area contributed by atoms with E-state index in [9.17, 15) is 13.2 Å². The van der Waals surface area contributed by atoms with Gasteiger partial charge in [0.05, 0.1) is 18.2 Å². The first-order valence-electron chi connectivity index (χ1n) is 9.97. The molecule has 1 fully saturated rings. The van der Waals surface area contributed by atoms with E-state index in [2.05, 4.69) is 31.2 Å². The van der Waals surface area contributed by atoms with Crippen molar-refractivity contribution in [3.63, 3.8) is 0 Å². The second kappa shape index (κ2) is 9.39. The van der Waals surface area contributed by atoms with Crippen LogP contribution in [-0.4, -0.2) is 38.8 Å². The van der Waals surface area contributed by atoms with Crippen molar-refractivity contribution >= 4 is 6.08 Å². The highest BCUT2D eigenvalue weighted by Gasteiger charge is 2.31. The van der Waals surface area contributed by atoms with Gasteiger partial charge in [0.2, 0.25) is 0 Å². The molecule has 1 aliphatic rings. The number of nitrogens with one attached hydrogen (secondary N) is 2. The van der Waals surface area contributed by atoms with E-state index < -0.39 is 11.7 Å². The van der Waals surface area contributed by atoms with E-state index >= 15 is 0 Å². The van der Waals surface area contributed by atoms with Crippen molar-refractivity contribution in [2.75, 3.05) is 32.7 Å². The van der Waals surface area contributed by atoms with E-state index in [0.717, 1.165) is 44.4 Å². The van der Waals surface area contributed by atoms with Crippen molar-refractivity contribution in [3.05, 3.63) is 77.4 Å². The summed E-state index contributed by atoms with van der Waals surface area (Å²) in [4.78, 5) is 3.07. The Morgan fingerprint density at radius 3 is 2.36 bits per heavy atom. The van der Waals surface area contributed by atoms with Gasteiger partial charge in [0, 0.05) is 6.42 Å². The number of hydrogen-bond acceptors (Lipinski definition) is 0. The molecule has 2 nitrogen and oxygen atoms in total. The van der Waals surface area contributed by atoms with Crippen molar-refractivity contribution in [1.29, 1.82) is 0 Å². The minimum Gasteiger partial charge on any atom is -0.323 e. The van der Waals surface area contributed by atoms with Gasteiger partial charge in [-0.25, -0.2) is 0 Å². The highest BCUT2D eigenvalue weighted by molar-refractivity contribution is 5.48. The Morgan fingerprint density at radius 1 is 0.964 bits per heavy atom. The number of rotatable bonds is 6. The molecule has 0 aromatic heterocycles. The molecule has 0 amide bonds. The molecule has 3 rings (SSSR count). The molecule has 0 saturated carbocycles. The summed E-state index contributed by atoms with van der Waals surface area (Å²) in [7, 11) is 0. The molecule has 1 saturated heterocycles. The summed E-state index contributed by atoms with van der Waals surface area (Å²) in [5.74, 6) is 0. The average Bonchev–Trinajstić information content (AvgIpc) is 2.69. The summed E-state index contributed by atoms with van der Waals surface area (Å²) in [5.41, 5.74) is 1.45. The molecule has 0 spiro atoms. The highest BCUT2D eigenvalue weighted by Crippen LogP contribution is 2.29. The van der Waals surface area contributed by atoms with Crippen LogP contribution in [-0.2, 0) is 12.6 Å². The zero-order valence-electron chi connectivity index (χ0n) is 16.3. The number of hydrogen-bond donors (Lipinski definition) is 2. The predicted molar refractivity (Wildman–Crippen MR) is 106 cm³/mol. The molecule has 2 aromatic rings. The fourth-order valence-corrected chi connectivity index (χ4v) is 3.92. The summed E-state index contributed by atoms with van der Waals surface area (Å²) >= 11 is 0. The first-order valence-corrected chi connectivity index (χ1v) is 9.97. The van der Waals surface area contributed by atoms with Gasteiger partial charge in [-0.3, -0.25) is 0 Å². The zero-order chi connectivity index (χ0) is 20.0. The number of piperazine rings is 1. The Morgan fingerprint density at radius 2 is 1.68 bits per heavy atom. The van der Waals surface area contributed by atoms with E-state index in [1.54, 1.807) is 11.0 Å². The third-order valence-corrected chi connectivity index (χ3v) is 5.61. The van der Waals surface area contributed by atoms with E-state index in [-0.39, 0.29) is 0 Å². The van der Waals surface area contributed by atoms with Crippen molar-refractivity contribution < 1.29 is 23.0 Å². The van der Waals surface area contributed by atoms with E-state index in [1.807, 2.05) is 18.2 Å². The summed E-state index contributed by atoms with van der Waals surface area (Å²) in [6.07, 6.45) is 0.821. The monoisotopic (exact) mass is 390 g/mol. The average molecular weight is 390 g/mol. The summed E-state index contributed by atoms with van der Waals surface area (Å²) in [6.45, 7) is 7.49. The normalized spacial score (nSPS) is 21.7. The molecule has 150 valence electrons. The van der Waals surface area contributed by atoms with Crippen LogP contribution in [0.25, 0.3) is 6.08 Å². The molecule has 5 heteroatoms. The summed E-state index contributed by atoms with van der Waals surface area (Å²) in [6, 6.07) is 16.4. The molecule has 28 heavy (non-hydrogen) atoms. The molecule has 1 atom stereocenters. The topological polar surface area (TPSA) is 8.88 Å². The lowest BCUT2D eigenvalue weighted by atomic mass is 10.0. The van der Waals surface area contributed by atoms with Gasteiger partial charge in [-0.15, -0.1) is 0 Å². The van der Waals surface area contributed by atoms with Crippen molar-refractivity contribution in [2.24, 2.45) is 0 Å². The Balaban J connectivity index is 1.46. The molecule has 0 aliphatic carbocycles. The first-order chi connectivity index (χ1) is 13.4. The quantitative estimate of drug-likeness (QED) is 0.748. The molecular formula is C23H29F3N2+2. The second-order valence-corrected chi connectivity index (χ2v) is 7.73. The zero-order valence-corrected chi connectivity index (χ0v) is 16.3. The lowest BCUT2D eigenvalue weighted by Gasteiger charge is -2.33. The third-order valence-electron chi connectivity index (χ3n) is 5.61. The molecule has 2 aromatic carbocycles. The van der Waals surface area contributed by atoms with E-state index in [1.165, 1.54) is 22.6 Å². The Labute approximate surface area is 165 Å². The van der Waals surface area contributed by atoms with E-state index in [4.69, 9.17) is 0 Å². The Bertz CT molecular complexity index is 763. The fraction of sp³-hybridized carbons (Fsp3) is 0.391. The fourth-order valence-electron chi connectivity index (χ4n) is 3.92. The lowest BCUT2D eigenvalue weighted by Crippen LogP contribution is -3.29. The SMILES string of the molecule is C[C@@H](Cc1cccc(C(F)(F)F)c1)[NH+]1CC[NH+](CC=Cc2ccccc2)CC1. The molecule has 2 N–H and O–H groups in total. The largest absolute Gasteiger partial charge is 0.416 e. The van der Waals surface area contributed by atoms with Gasteiger partial charge in [-0.05, 0) is 30.2 Å². The minimum atomic E-state index is -4.27. The number of alkyl halides is 3. The van der Waals surface area contributed by atoms with Crippen LogP contribution in [0, 0.1) is 0 Å². The molecular weight excluding hydrogens is 361 g/mol. The maximum Gasteiger partial charge on any atom is 0.416 e. The lowest BCUT2D eigenvalue weighted by molar-refractivity contribution is -1.02. The third kappa shape index (κ3) is 5.94. The molecule has 0 radical (unpaired) electrons. The highest BCUT2D eigenvalue weighted by atomic mass is 19.4. The number of quaternary nitrogens is 2. The predicted octanol–water partition coefficient (Wildman–Crippen LogP) is 2.13. The van der Waals surface area contributed by atoms with Crippen LogP contribution in [0.3, 0.4) is 0 Å². The maximum absolute atomic E-state index is 12.9. The molecule has 1 aliphatic heterocycles. The Kier molecular flexibility index (Phi) is 6.92. The van der Waals surface area contributed by atoms with Gasteiger partial charge >= 0.3 is 6.18 Å². The van der Waals surface area contributed by atoms with Crippen LogP contribution in [0.4, 0.5) is 13.2 Å². The first kappa shape index (κ1) is 20.6. The smallest absolute Gasteiger partial charge is 0.323 e. The maximum atomic E-state index is 12.9. The van der Waals surface area contributed by atoms with Gasteiger partial charge in [0.1, 0.15) is 26.2 Å². The van der Waals surface area contributed by atoms with Crippen LogP contribution >= 0.6 is 0 Å². The second-order valence-electron chi connectivity index (χ2n) is 7.73. The number of benzene rings is 2. The van der Waals surface area contributed by atoms with Crippen molar-refractivity contribution in [3.8, 4) is 0 Å². The van der Waals surface area contributed by atoms with Crippen LogP contribution < -0.4 is 9.80 Å².